The standard InChI is InChI=1S/C22H19NO6/c24-19(25)14-17(15-8-3-1-4-9-15)22(21(27)28,16-10-5-2-6-11-16)23-20(26)18-12-7-13-29-18/h1-13,17H,14H2,(H,23,26)(H,24,25)(H,27,28). The molecule has 1 aromatic heterocycles. The zero-order valence-electron chi connectivity index (χ0n) is 15.3. The smallest absolute Gasteiger partial charge is 0.334 e. The quantitative estimate of drug-likeness (QED) is 0.541. The molecule has 2 unspecified atom stereocenters. The molecule has 7 heteroatoms. The average molecular weight is 393 g/mol. The van der Waals surface area contributed by atoms with Gasteiger partial charge in [0, 0.05) is 5.92 Å². The van der Waals surface area contributed by atoms with Gasteiger partial charge in [-0.05, 0) is 23.3 Å². The summed E-state index contributed by atoms with van der Waals surface area (Å²) in [4.78, 5) is 37.2. The Morgan fingerprint density at radius 1 is 0.897 bits per heavy atom. The minimum atomic E-state index is -2.04. The Morgan fingerprint density at radius 3 is 2.03 bits per heavy atom. The van der Waals surface area contributed by atoms with Gasteiger partial charge in [-0.2, -0.15) is 0 Å². The lowest BCUT2D eigenvalue weighted by molar-refractivity contribution is -0.147. The van der Waals surface area contributed by atoms with E-state index in [1.54, 1.807) is 60.7 Å². The van der Waals surface area contributed by atoms with Crippen molar-refractivity contribution in [2.75, 3.05) is 0 Å². The van der Waals surface area contributed by atoms with E-state index in [4.69, 9.17) is 4.42 Å². The average Bonchev–Trinajstić information content (AvgIpc) is 3.26. The molecule has 2 atom stereocenters. The molecule has 0 saturated carbocycles. The van der Waals surface area contributed by atoms with Crippen molar-refractivity contribution in [3.8, 4) is 0 Å². The van der Waals surface area contributed by atoms with Crippen LogP contribution < -0.4 is 5.32 Å². The molecule has 0 spiro atoms. The zero-order chi connectivity index (χ0) is 20.9. The van der Waals surface area contributed by atoms with Gasteiger partial charge in [0.2, 0.25) is 0 Å². The summed E-state index contributed by atoms with van der Waals surface area (Å²) in [5, 5.41) is 22.4. The number of hydrogen-bond donors (Lipinski definition) is 3. The van der Waals surface area contributed by atoms with Crippen LogP contribution in [-0.4, -0.2) is 28.1 Å². The van der Waals surface area contributed by atoms with Crippen LogP contribution in [0.5, 0.6) is 0 Å². The molecule has 7 nitrogen and oxygen atoms in total. The molecule has 0 fully saturated rings. The Kier molecular flexibility index (Phi) is 5.78. The van der Waals surface area contributed by atoms with Gasteiger partial charge >= 0.3 is 11.9 Å². The summed E-state index contributed by atoms with van der Waals surface area (Å²) in [6, 6.07) is 19.4. The highest BCUT2D eigenvalue weighted by Crippen LogP contribution is 2.40. The Bertz CT molecular complexity index is 985. The van der Waals surface area contributed by atoms with Gasteiger partial charge in [-0.1, -0.05) is 60.7 Å². The van der Waals surface area contributed by atoms with Gasteiger partial charge in [0.1, 0.15) is 0 Å². The van der Waals surface area contributed by atoms with E-state index in [1.165, 1.54) is 18.4 Å². The van der Waals surface area contributed by atoms with Crippen LogP contribution in [0.1, 0.15) is 34.0 Å². The van der Waals surface area contributed by atoms with Crippen molar-refractivity contribution in [3.63, 3.8) is 0 Å². The molecule has 0 saturated heterocycles. The summed E-state index contributed by atoms with van der Waals surface area (Å²) in [5.74, 6) is -4.48. The van der Waals surface area contributed by atoms with Crippen molar-refractivity contribution in [1.82, 2.24) is 5.32 Å². The van der Waals surface area contributed by atoms with Crippen molar-refractivity contribution in [2.45, 2.75) is 17.9 Å². The van der Waals surface area contributed by atoms with Crippen molar-refractivity contribution in [1.29, 1.82) is 0 Å². The third-order valence-electron chi connectivity index (χ3n) is 4.73. The van der Waals surface area contributed by atoms with Crippen LogP contribution in [0.4, 0.5) is 0 Å². The molecule has 0 bridgehead atoms. The minimum absolute atomic E-state index is 0.0753. The minimum Gasteiger partial charge on any atom is -0.481 e. The van der Waals surface area contributed by atoms with Gasteiger partial charge < -0.3 is 19.9 Å². The van der Waals surface area contributed by atoms with Crippen LogP contribution in [-0.2, 0) is 15.1 Å². The van der Waals surface area contributed by atoms with E-state index in [0.29, 0.717) is 5.56 Å². The monoisotopic (exact) mass is 393 g/mol. The second-order valence-electron chi connectivity index (χ2n) is 6.47. The number of nitrogens with one attached hydrogen (secondary N) is 1. The number of hydrogen-bond acceptors (Lipinski definition) is 4. The van der Waals surface area contributed by atoms with E-state index in [9.17, 15) is 24.6 Å². The topological polar surface area (TPSA) is 117 Å². The molecule has 2 aromatic carbocycles. The summed E-state index contributed by atoms with van der Waals surface area (Å²) >= 11 is 0. The normalized spacial score (nSPS) is 13.8. The van der Waals surface area contributed by atoms with E-state index in [0.717, 1.165) is 0 Å². The molecule has 0 radical (unpaired) electrons. The number of furan rings is 1. The summed E-state index contributed by atoms with van der Waals surface area (Å²) in [7, 11) is 0. The molecule has 29 heavy (non-hydrogen) atoms. The molecule has 3 rings (SSSR count). The van der Waals surface area contributed by atoms with Crippen molar-refractivity contribution in [3.05, 3.63) is 95.9 Å². The lowest BCUT2D eigenvalue weighted by atomic mass is 9.72. The maximum absolute atomic E-state index is 12.8. The van der Waals surface area contributed by atoms with Crippen LogP contribution in [0, 0.1) is 0 Å². The number of aliphatic carboxylic acids is 2. The summed E-state index contributed by atoms with van der Waals surface area (Å²) < 4.78 is 5.10. The number of amides is 1. The maximum atomic E-state index is 12.8. The van der Waals surface area contributed by atoms with Crippen LogP contribution >= 0.6 is 0 Å². The van der Waals surface area contributed by atoms with Crippen LogP contribution in [0.15, 0.2) is 83.5 Å². The maximum Gasteiger partial charge on any atom is 0.334 e. The zero-order valence-corrected chi connectivity index (χ0v) is 15.3. The summed E-state index contributed by atoms with van der Waals surface area (Å²) in [6.07, 6.45) is 0.787. The SMILES string of the molecule is O=C(O)CC(c1ccccc1)C(NC(=O)c1ccco1)(C(=O)O)c1ccccc1. The van der Waals surface area contributed by atoms with Gasteiger partial charge in [0.25, 0.3) is 5.91 Å². The Balaban J connectivity index is 2.22. The van der Waals surface area contributed by atoms with E-state index in [-0.39, 0.29) is 11.3 Å². The van der Waals surface area contributed by atoms with E-state index in [2.05, 4.69) is 5.32 Å². The molecule has 1 heterocycles. The fourth-order valence-corrected chi connectivity index (χ4v) is 3.42. The molecule has 3 aromatic rings. The number of carboxylic acid groups (broad SMARTS) is 2. The number of rotatable bonds is 8. The fraction of sp³-hybridized carbons (Fsp3) is 0.136. The first-order chi connectivity index (χ1) is 13.9. The predicted octanol–water partition coefficient (Wildman–Crippen LogP) is 3.25. The molecule has 0 aliphatic carbocycles. The fourth-order valence-electron chi connectivity index (χ4n) is 3.42. The van der Waals surface area contributed by atoms with Gasteiger partial charge in [-0.15, -0.1) is 0 Å². The van der Waals surface area contributed by atoms with E-state index >= 15 is 0 Å². The third-order valence-corrected chi connectivity index (χ3v) is 4.73. The van der Waals surface area contributed by atoms with E-state index in [1.807, 2.05) is 0 Å². The Labute approximate surface area is 166 Å². The van der Waals surface area contributed by atoms with Crippen LogP contribution in [0.25, 0.3) is 0 Å². The molecular weight excluding hydrogens is 374 g/mol. The second-order valence-corrected chi connectivity index (χ2v) is 6.47. The number of benzene rings is 2. The lowest BCUT2D eigenvalue weighted by Gasteiger charge is -2.38. The Morgan fingerprint density at radius 2 is 1.52 bits per heavy atom. The van der Waals surface area contributed by atoms with Gasteiger partial charge in [0.05, 0.1) is 12.7 Å². The number of carbonyl (C=O) groups excluding carboxylic acids is 1. The van der Waals surface area contributed by atoms with Crippen molar-refractivity contribution < 1.29 is 29.0 Å². The Hall–Kier alpha value is -3.87. The third kappa shape index (κ3) is 4.03. The summed E-state index contributed by atoms with van der Waals surface area (Å²) in [6.45, 7) is 0. The van der Waals surface area contributed by atoms with Gasteiger partial charge in [-0.25, -0.2) is 4.79 Å². The van der Waals surface area contributed by atoms with E-state index < -0.39 is 35.7 Å². The van der Waals surface area contributed by atoms with Gasteiger partial charge in [-0.3, -0.25) is 9.59 Å². The van der Waals surface area contributed by atoms with Crippen molar-refractivity contribution in [2.24, 2.45) is 0 Å². The highest BCUT2D eigenvalue weighted by Gasteiger charge is 2.50. The van der Waals surface area contributed by atoms with Gasteiger partial charge in [0.15, 0.2) is 11.3 Å². The molecular formula is C22H19NO6. The van der Waals surface area contributed by atoms with Crippen LogP contribution in [0.2, 0.25) is 0 Å². The lowest BCUT2D eigenvalue weighted by Crippen LogP contribution is -2.56. The first-order valence-electron chi connectivity index (χ1n) is 8.87. The number of carboxylic acids is 2. The molecule has 1 amide bonds. The largest absolute Gasteiger partial charge is 0.481 e. The van der Waals surface area contributed by atoms with Crippen LogP contribution in [0.3, 0.4) is 0 Å². The number of carbonyl (C=O) groups is 3. The predicted molar refractivity (Wildman–Crippen MR) is 103 cm³/mol. The molecule has 0 aliphatic heterocycles. The first kappa shape index (κ1) is 19.9. The second kappa shape index (κ2) is 8.43. The first-order valence-corrected chi connectivity index (χ1v) is 8.87. The summed E-state index contributed by atoms with van der Waals surface area (Å²) in [5.41, 5.74) is -1.31. The molecule has 0 aliphatic rings. The molecule has 3 N–H and O–H groups in total. The highest BCUT2D eigenvalue weighted by molar-refractivity contribution is 5.97. The highest BCUT2D eigenvalue weighted by atomic mass is 16.4. The van der Waals surface area contributed by atoms with Crippen molar-refractivity contribution >= 4 is 17.8 Å². The molecule has 148 valence electrons.